The van der Waals surface area contributed by atoms with Crippen molar-refractivity contribution >= 4 is 34.0 Å². The maximum atomic E-state index is 13.5. The van der Waals surface area contributed by atoms with Gasteiger partial charge in [-0.1, -0.05) is 30.7 Å². The van der Waals surface area contributed by atoms with Gasteiger partial charge in [0.2, 0.25) is 0 Å². The van der Waals surface area contributed by atoms with Crippen molar-refractivity contribution in [1.29, 1.82) is 0 Å². The molecule has 1 aromatic carbocycles. The van der Waals surface area contributed by atoms with Crippen LogP contribution in [0, 0.1) is 0 Å². The predicted octanol–water partition coefficient (Wildman–Crippen LogP) is 3.87. The van der Waals surface area contributed by atoms with Gasteiger partial charge in [-0.3, -0.25) is 9.48 Å². The lowest BCUT2D eigenvalue weighted by molar-refractivity contribution is 0.174. The van der Waals surface area contributed by atoms with Crippen molar-refractivity contribution in [3.63, 3.8) is 0 Å². The molecular formula is C24H27ClN8O2. The number of aryl methyl sites for hydroxylation is 1. The molecular weight excluding hydrogens is 468 g/mol. The number of ether oxygens (including phenoxy) is 1. The molecule has 10 nitrogen and oxygen atoms in total. The van der Waals surface area contributed by atoms with E-state index in [2.05, 4.69) is 32.3 Å². The van der Waals surface area contributed by atoms with Crippen LogP contribution in [0.2, 0.25) is 5.02 Å². The summed E-state index contributed by atoms with van der Waals surface area (Å²) in [5.41, 5.74) is 7.59. The van der Waals surface area contributed by atoms with Crippen LogP contribution < -0.4 is 16.6 Å². The fourth-order valence-corrected chi connectivity index (χ4v) is 4.65. The van der Waals surface area contributed by atoms with Crippen LogP contribution in [0.4, 0.5) is 11.6 Å². The highest BCUT2D eigenvalue weighted by Gasteiger charge is 2.31. The lowest BCUT2D eigenvalue weighted by atomic mass is 10.0. The fraction of sp³-hybridized carbons (Fsp3) is 0.375. The van der Waals surface area contributed by atoms with Gasteiger partial charge in [0.25, 0.3) is 5.56 Å². The second-order valence-corrected chi connectivity index (χ2v) is 9.08. The van der Waals surface area contributed by atoms with Gasteiger partial charge in [0.15, 0.2) is 11.6 Å². The molecule has 0 saturated heterocycles. The Bertz CT molecular complexity index is 1460. The van der Waals surface area contributed by atoms with Gasteiger partial charge in [0.05, 0.1) is 16.5 Å². The molecule has 35 heavy (non-hydrogen) atoms. The molecule has 3 heterocycles. The molecule has 1 fully saturated rings. The van der Waals surface area contributed by atoms with Crippen molar-refractivity contribution < 1.29 is 4.74 Å². The minimum atomic E-state index is -0.220. The number of pyridine rings is 1. The van der Waals surface area contributed by atoms with Gasteiger partial charge < -0.3 is 20.4 Å². The summed E-state index contributed by atoms with van der Waals surface area (Å²) in [5, 5.41) is 9.83. The lowest BCUT2D eigenvalue weighted by Crippen LogP contribution is -2.27. The van der Waals surface area contributed by atoms with E-state index in [-0.39, 0.29) is 23.5 Å². The summed E-state index contributed by atoms with van der Waals surface area (Å²) in [5.74, 6) is 1.81. The zero-order chi connectivity index (χ0) is 24.7. The zero-order valence-electron chi connectivity index (χ0n) is 19.8. The number of benzene rings is 1. The van der Waals surface area contributed by atoms with E-state index in [9.17, 15) is 4.79 Å². The van der Waals surface area contributed by atoms with Crippen LogP contribution in [0.3, 0.4) is 0 Å². The molecule has 1 aliphatic carbocycles. The first-order chi connectivity index (χ1) is 16.9. The number of hydrogen-bond donors (Lipinski definition) is 2. The van der Waals surface area contributed by atoms with Crippen LogP contribution in [0.1, 0.15) is 49.8 Å². The molecule has 0 amide bonds. The number of nitrogen functional groups attached to an aromatic ring is 1. The first-order valence-corrected chi connectivity index (χ1v) is 11.9. The Morgan fingerprint density at radius 3 is 2.83 bits per heavy atom. The number of nitrogens with two attached hydrogens (primary N) is 1. The summed E-state index contributed by atoms with van der Waals surface area (Å²) in [6, 6.07) is 7.52. The molecule has 5 rings (SSSR count). The van der Waals surface area contributed by atoms with E-state index < -0.39 is 0 Å². The smallest absolute Gasteiger partial charge is 0.260 e. The normalized spacial score (nSPS) is 14.4. The third-order valence-corrected chi connectivity index (χ3v) is 6.59. The van der Waals surface area contributed by atoms with Crippen molar-refractivity contribution in [3.05, 3.63) is 57.5 Å². The average molecular weight is 495 g/mol. The van der Waals surface area contributed by atoms with Crippen molar-refractivity contribution in [2.75, 3.05) is 18.2 Å². The Morgan fingerprint density at radius 1 is 1.31 bits per heavy atom. The Labute approximate surface area is 207 Å². The number of nitrogens with zero attached hydrogens (tertiary/aromatic N) is 6. The topological polar surface area (TPSA) is 126 Å². The summed E-state index contributed by atoms with van der Waals surface area (Å²) < 4.78 is 8.74. The Balaban J connectivity index is 1.61. The quantitative estimate of drug-likeness (QED) is 0.378. The van der Waals surface area contributed by atoms with E-state index in [1.54, 1.807) is 24.9 Å². The van der Waals surface area contributed by atoms with E-state index in [1.165, 1.54) is 6.33 Å². The van der Waals surface area contributed by atoms with Gasteiger partial charge in [-0.2, -0.15) is 5.10 Å². The molecule has 0 bridgehead atoms. The standard InChI is InChI=1S/C24H27ClN8O2/c1-4-16(17-10-13-6-5-7-15(25)19(13)24(34)33(17)14-8-9-14)29-22-20(21(26)27-12-28-22)23-30-18(11-35-3)32(2)31-23/h5-7,10,12,14,16H,4,8-9,11H2,1-3H3,(H3,26,27,28,29). The SMILES string of the molecule is CCC(Nc1ncnc(N)c1-c1nc(COC)n(C)n1)c1cc2cccc(Cl)c2c(=O)n1C1CC1. The maximum Gasteiger partial charge on any atom is 0.260 e. The summed E-state index contributed by atoms with van der Waals surface area (Å²) >= 11 is 6.41. The van der Waals surface area contributed by atoms with Gasteiger partial charge in [-0.05, 0) is 36.8 Å². The highest BCUT2D eigenvalue weighted by atomic mass is 35.5. The van der Waals surface area contributed by atoms with Crippen molar-refractivity contribution in [2.45, 2.75) is 44.9 Å². The van der Waals surface area contributed by atoms with E-state index in [0.29, 0.717) is 46.5 Å². The van der Waals surface area contributed by atoms with E-state index >= 15 is 0 Å². The monoisotopic (exact) mass is 494 g/mol. The third kappa shape index (κ3) is 4.23. The Kier molecular flexibility index (Phi) is 6.16. The van der Waals surface area contributed by atoms with Crippen LogP contribution in [0.15, 0.2) is 35.4 Å². The van der Waals surface area contributed by atoms with Gasteiger partial charge in [-0.25, -0.2) is 15.0 Å². The third-order valence-electron chi connectivity index (χ3n) is 6.28. The van der Waals surface area contributed by atoms with Crippen LogP contribution in [-0.2, 0) is 18.4 Å². The highest BCUT2D eigenvalue weighted by Crippen LogP contribution is 2.39. The number of anilines is 2. The molecule has 1 aliphatic rings. The number of hydrogen-bond acceptors (Lipinski definition) is 8. The second kappa shape index (κ2) is 9.27. The molecule has 1 unspecified atom stereocenters. The highest BCUT2D eigenvalue weighted by molar-refractivity contribution is 6.35. The van der Waals surface area contributed by atoms with Crippen LogP contribution >= 0.6 is 11.6 Å². The van der Waals surface area contributed by atoms with Gasteiger partial charge >= 0.3 is 0 Å². The number of fused-ring (bicyclic) bond motifs is 1. The number of rotatable bonds is 8. The molecule has 11 heteroatoms. The van der Waals surface area contributed by atoms with Crippen LogP contribution in [0.25, 0.3) is 22.2 Å². The largest absolute Gasteiger partial charge is 0.383 e. The molecule has 0 radical (unpaired) electrons. The van der Waals surface area contributed by atoms with Crippen molar-refractivity contribution in [3.8, 4) is 11.4 Å². The number of aromatic nitrogens is 6. The lowest BCUT2D eigenvalue weighted by Gasteiger charge is -2.24. The van der Waals surface area contributed by atoms with Gasteiger partial charge in [0.1, 0.15) is 30.1 Å². The molecule has 182 valence electrons. The molecule has 1 atom stereocenters. The predicted molar refractivity (Wildman–Crippen MR) is 135 cm³/mol. The minimum absolute atomic E-state index is 0.0659. The first kappa shape index (κ1) is 23.3. The molecule has 1 saturated carbocycles. The Hall–Kier alpha value is -3.50. The van der Waals surface area contributed by atoms with Gasteiger partial charge in [-0.15, -0.1) is 0 Å². The summed E-state index contributed by atoms with van der Waals surface area (Å²) in [6.45, 7) is 2.37. The Morgan fingerprint density at radius 2 is 2.11 bits per heavy atom. The van der Waals surface area contributed by atoms with Crippen molar-refractivity contribution in [1.82, 2.24) is 29.3 Å². The van der Waals surface area contributed by atoms with Crippen molar-refractivity contribution in [2.24, 2.45) is 7.05 Å². The van der Waals surface area contributed by atoms with Crippen LogP contribution in [-0.4, -0.2) is 36.4 Å². The number of methoxy groups -OCH3 is 1. The molecule has 3 aromatic heterocycles. The molecule has 3 N–H and O–H groups in total. The van der Waals surface area contributed by atoms with E-state index in [4.69, 9.17) is 22.1 Å². The summed E-state index contributed by atoms with van der Waals surface area (Å²) in [6.07, 6.45) is 4.03. The minimum Gasteiger partial charge on any atom is -0.383 e. The van der Waals surface area contributed by atoms with E-state index in [0.717, 1.165) is 23.9 Å². The zero-order valence-corrected chi connectivity index (χ0v) is 20.6. The number of nitrogens with one attached hydrogen (secondary N) is 1. The summed E-state index contributed by atoms with van der Waals surface area (Å²) in [7, 11) is 3.39. The molecule has 0 spiro atoms. The fourth-order valence-electron chi connectivity index (χ4n) is 4.39. The molecule has 0 aliphatic heterocycles. The second-order valence-electron chi connectivity index (χ2n) is 8.68. The molecule has 4 aromatic rings. The number of halogens is 1. The maximum absolute atomic E-state index is 13.5. The van der Waals surface area contributed by atoms with Crippen LogP contribution in [0.5, 0.6) is 0 Å². The first-order valence-electron chi connectivity index (χ1n) is 11.5. The summed E-state index contributed by atoms with van der Waals surface area (Å²) in [4.78, 5) is 26.7. The van der Waals surface area contributed by atoms with Gasteiger partial charge in [0, 0.05) is 25.9 Å². The van der Waals surface area contributed by atoms with E-state index in [1.807, 2.05) is 22.8 Å². The average Bonchev–Trinajstić information content (AvgIpc) is 3.60.